The lowest BCUT2D eigenvalue weighted by Gasteiger charge is -2.11. The van der Waals surface area contributed by atoms with E-state index in [9.17, 15) is 0 Å². The summed E-state index contributed by atoms with van der Waals surface area (Å²) >= 11 is 9.43. The van der Waals surface area contributed by atoms with Crippen LogP contribution in [0.5, 0.6) is 0 Å². The summed E-state index contributed by atoms with van der Waals surface area (Å²) in [6, 6.07) is 23.8. The molecular formula is C21H15BrClN3. The van der Waals surface area contributed by atoms with Gasteiger partial charge >= 0.3 is 0 Å². The van der Waals surface area contributed by atoms with Gasteiger partial charge in [0.2, 0.25) is 0 Å². The van der Waals surface area contributed by atoms with Crippen LogP contribution in [0.1, 0.15) is 5.56 Å². The molecule has 0 amide bonds. The second kappa shape index (κ2) is 7.44. The molecule has 0 saturated heterocycles. The Hall–Kier alpha value is -2.43. The van der Waals surface area contributed by atoms with E-state index in [0.29, 0.717) is 12.4 Å². The molecule has 5 heteroatoms. The average Bonchev–Trinajstić information content (AvgIpc) is 2.68. The summed E-state index contributed by atoms with van der Waals surface area (Å²) < 4.78 is 1.03. The second-order valence-corrected chi connectivity index (χ2v) is 7.25. The van der Waals surface area contributed by atoms with Crippen LogP contribution in [0, 0.1) is 0 Å². The molecule has 0 aliphatic rings. The van der Waals surface area contributed by atoms with Gasteiger partial charge in [0.1, 0.15) is 5.82 Å². The minimum absolute atomic E-state index is 0.665. The lowest BCUT2D eigenvalue weighted by Crippen LogP contribution is -2.04. The highest BCUT2D eigenvalue weighted by molar-refractivity contribution is 9.10. The van der Waals surface area contributed by atoms with Gasteiger partial charge in [0, 0.05) is 27.0 Å². The first-order valence-electron chi connectivity index (χ1n) is 8.20. The molecule has 128 valence electrons. The monoisotopic (exact) mass is 423 g/mol. The van der Waals surface area contributed by atoms with E-state index in [-0.39, 0.29) is 0 Å². The SMILES string of the molecule is Clc1ccc(CNc2nc(-c3ccc(Br)cc3)nc3ccccc23)cc1. The van der Waals surface area contributed by atoms with Gasteiger partial charge in [-0.3, -0.25) is 0 Å². The molecule has 0 fully saturated rings. The molecule has 4 rings (SSSR count). The van der Waals surface area contributed by atoms with Crippen molar-refractivity contribution >= 4 is 44.3 Å². The predicted octanol–water partition coefficient (Wildman–Crippen LogP) is 6.32. The Kier molecular flexibility index (Phi) is 4.87. The normalized spacial score (nSPS) is 10.8. The smallest absolute Gasteiger partial charge is 0.162 e. The van der Waals surface area contributed by atoms with Gasteiger partial charge in [-0.25, -0.2) is 9.97 Å². The summed E-state index contributed by atoms with van der Waals surface area (Å²) in [6.07, 6.45) is 0. The zero-order valence-corrected chi connectivity index (χ0v) is 16.1. The van der Waals surface area contributed by atoms with Gasteiger partial charge in [-0.1, -0.05) is 63.9 Å². The van der Waals surface area contributed by atoms with Crippen LogP contribution in [0.4, 0.5) is 5.82 Å². The average molecular weight is 425 g/mol. The fourth-order valence-corrected chi connectivity index (χ4v) is 3.12. The van der Waals surface area contributed by atoms with E-state index in [1.54, 1.807) is 0 Å². The summed E-state index contributed by atoms with van der Waals surface area (Å²) in [5.41, 5.74) is 3.04. The molecule has 0 bridgehead atoms. The maximum atomic E-state index is 5.96. The number of rotatable bonds is 4. The van der Waals surface area contributed by atoms with Crippen LogP contribution in [0.3, 0.4) is 0 Å². The molecule has 26 heavy (non-hydrogen) atoms. The number of anilines is 1. The molecule has 4 aromatic rings. The molecule has 0 saturated carbocycles. The van der Waals surface area contributed by atoms with Gasteiger partial charge in [0.15, 0.2) is 5.82 Å². The lowest BCUT2D eigenvalue weighted by molar-refractivity contribution is 1.11. The summed E-state index contributed by atoms with van der Waals surface area (Å²) in [5, 5.41) is 5.18. The lowest BCUT2D eigenvalue weighted by atomic mass is 10.1. The van der Waals surface area contributed by atoms with Crippen LogP contribution in [0.15, 0.2) is 77.3 Å². The number of halogens is 2. The Labute approximate surface area is 165 Å². The van der Waals surface area contributed by atoms with Crippen LogP contribution in [0.2, 0.25) is 5.02 Å². The van der Waals surface area contributed by atoms with E-state index in [2.05, 4.69) is 21.2 Å². The Balaban J connectivity index is 1.72. The molecule has 1 N–H and O–H groups in total. The number of hydrogen-bond acceptors (Lipinski definition) is 3. The number of aromatic nitrogens is 2. The van der Waals surface area contributed by atoms with E-state index in [4.69, 9.17) is 21.6 Å². The second-order valence-electron chi connectivity index (χ2n) is 5.90. The topological polar surface area (TPSA) is 37.8 Å². The van der Waals surface area contributed by atoms with Gasteiger partial charge in [-0.15, -0.1) is 0 Å². The van der Waals surface area contributed by atoms with Crippen LogP contribution < -0.4 is 5.32 Å². The van der Waals surface area contributed by atoms with Crippen LogP contribution in [0.25, 0.3) is 22.3 Å². The van der Waals surface area contributed by atoms with Gasteiger partial charge in [0.25, 0.3) is 0 Å². The molecule has 3 nitrogen and oxygen atoms in total. The molecule has 0 atom stereocenters. The first kappa shape index (κ1) is 17.0. The predicted molar refractivity (Wildman–Crippen MR) is 111 cm³/mol. The third kappa shape index (κ3) is 3.71. The Morgan fingerprint density at radius 3 is 2.35 bits per heavy atom. The van der Waals surface area contributed by atoms with Crippen molar-refractivity contribution in [1.29, 1.82) is 0 Å². The van der Waals surface area contributed by atoms with Gasteiger partial charge in [0.05, 0.1) is 5.52 Å². The first-order valence-corrected chi connectivity index (χ1v) is 9.37. The van der Waals surface area contributed by atoms with E-state index in [0.717, 1.165) is 37.3 Å². The first-order chi connectivity index (χ1) is 12.7. The summed E-state index contributed by atoms with van der Waals surface area (Å²) in [6.45, 7) is 0.665. The molecule has 0 aliphatic heterocycles. The molecule has 1 aromatic heterocycles. The number of benzene rings is 3. The van der Waals surface area contributed by atoms with Crippen molar-refractivity contribution < 1.29 is 0 Å². The van der Waals surface area contributed by atoms with E-state index in [1.807, 2.05) is 72.8 Å². The quantitative estimate of drug-likeness (QED) is 0.416. The van der Waals surface area contributed by atoms with Crippen LogP contribution in [-0.4, -0.2) is 9.97 Å². The largest absolute Gasteiger partial charge is 0.365 e. The highest BCUT2D eigenvalue weighted by atomic mass is 79.9. The van der Waals surface area contributed by atoms with Gasteiger partial charge in [-0.05, 0) is 42.0 Å². The zero-order valence-electron chi connectivity index (χ0n) is 13.8. The van der Waals surface area contributed by atoms with Crippen molar-refractivity contribution in [1.82, 2.24) is 9.97 Å². The van der Waals surface area contributed by atoms with Crippen molar-refractivity contribution in [3.63, 3.8) is 0 Å². The zero-order chi connectivity index (χ0) is 17.9. The molecule has 0 spiro atoms. The number of hydrogen-bond donors (Lipinski definition) is 1. The highest BCUT2D eigenvalue weighted by Gasteiger charge is 2.09. The number of nitrogens with one attached hydrogen (secondary N) is 1. The summed E-state index contributed by atoms with van der Waals surface area (Å²) in [4.78, 5) is 9.49. The number of para-hydroxylation sites is 1. The molecule has 1 heterocycles. The van der Waals surface area contributed by atoms with Crippen LogP contribution in [-0.2, 0) is 6.54 Å². The number of nitrogens with zero attached hydrogens (tertiary/aromatic N) is 2. The molecular weight excluding hydrogens is 410 g/mol. The van der Waals surface area contributed by atoms with Crippen molar-refractivity contribution in [3.8, 4) is 11.4 Å². The van der Waals surface area contributed by atoms with Gasteiger partial charge in [-0.2, -0.15) is 0 Å². The van der Waals surface area contributed by atoms with Crippen molar-refractivity contribution in [2.75, 3.05) is 5.32 Å². The van der Waals surface area contributed by atoms with Crippen LogP contribution >= 0.6 is 27.5 Å². The summed E-state index contributed by atoms with van der Waals surface area (Å²) in [5.74, 6) is 1.53. The van der Waals surface area contributed by atoms with Crippen molar-refractivity contribution in [2.45, 2.75) is 6.54 Å². The van der Waals surface area contributed by atoms with E-state index < -0.39 is 0 Å². The highest BCUT2D eigenvalue weighted by Crippen LogP contribution is 2.26. The fraction of sp³-hybridized carbons (Fsp3) is 0.0476. The third-order valence-corrected chi connectivity index (χ3v) is 4.86. The Morgan fingerprint density at radius 1 is 0.846 bits per heavy atom. The minimum atomic E-state index is 0.665. The Morgan fingerprint density at radius 2 is 1.58 bits per heavy atom. The van der Waals surface area contributed by atoms with E-state index >= 15 is 0 Å². The number of fused-ring (bicyclic) bond motifs is 1. The van der Waals surface area contributed by atoms with Crippen molar-refractivity contribution in [2.24, 2.45) is 0 Å². The maximum absolute atomic E-state index is 5.96. The molecule has 0 radical (unpaired) electrons. The Bertz CT molecular complexity index is 1050. The maximum Gasteiger partial charge on any atom is 0.162 e. The minimum Gasteiger partial charge on any atom is -0.365 e. The third-order valence-electron chi connectivity index (χ3n) is 4.08. The van der Waals surface area contributed by atoms with Crippen molar-refractivity contribution in [3.05, 3.63) is 87.9 Å². The summed E-state index contributed by atoms with van der Waals surface area (Å²) in [7, 11) is 0. The van der Waals surface area contributed by atoms with E-state index in [1.165, 1.54) is 0 Å². The standard InChI is InChI=1S/C21H15BrClN3/c22-16-9-7-15(8-10-16)20-25-19-4-2-1-3-18(19)21(26-20)24-13-14-5-11-17(23)12-6-14/h1-12H,13H2,(H,24,25,26). The molecule has 0 unspecified atom stereocenters. The molecule has 0 aliphatic carbocycles. The van der Waals surface area contributed by atoms with Gasteiger partial charge < -0.3 is 5.32 Å². The fourth-order valence-electron chi connectivity index (χ4n) is 2.73. The molecule has 3 aromatic carbocycles.